The summed E-state index contributed by atoms with van der Waals surface area (Å²) in [5, 5.41) is 8.72. The van der Waals surface area contributed by atoms with Crippen LogP contribution in [-0.4, -0.2) is 23.2 Å². The van der Waals surface area contributed by atoms with Crippen LogP contribution in [0.2, 0.25) is 0 Å². The fraction of sp³-hybridized carbons (Fsp3) is 0.0909. The van der Waals surface area contributed by atoms with Gasteiger partial charge < -0.3 is 9.84 Å². The minimum absolute atomic E-state index is 0.101. The monoisotopic (exact) mass is 317 g/mol. The van der Waals surface area contributed by atoms with E-state index in [1.54, 1.807) is 0 Å². The highest BCUT2D eigenvalue weighted by molar-refractivity contribution is 9.10. The van der Waals surface area contributed by atoms with E-state index in [2.05, 4.69) is 20.9 Å². The van der Waals surface area contributed by atoms with E-state index in [1.807, 2.05) is 0 Å². The second-order valence-corrected chi connectivity index (χ2v) is 4.26. The number of fused-ring (bicyclic) bond motifs is 1. The van der Waals surface area contributed by atoms with Crippen LogP contribution in [0.5, 0.6) is 5.88 Å². The molecule has 0 saturated heterocycles. The number of aromatic carboxylic acids is 1. The number of benzene rings is 1. The minimum atomic E-state index is -1.33. The molecule has 2 rings (SSSR count). The third-order valence-corrected chi connectivity index (χ3v) is 2.91. The molecule has 94 valence electrons. The third kappa shape index (κ3) is 1.90. The van der Waals surface area contributed by atoms with E-state index in [4.69, 9.17) is 9.84 Å². The SMILES string of the molecule is COc1nc2c(F)cc(Br)c(F)c2cc1C(=O)O. The molecule has 1 aromatic heterocycles. The molecule has 0 radical (unpaired) electrons. The number of rotatable bonds is 2. The van der Waals surface area contributed by atoms with Crippen LogP contribution in [0, 0.1) is 11.6 Å². The van der Waals surface area contributed by atoms with E-state index in [-0.39, 0.29) is 26.8 Å². The van der Waals surface area contributed by atoms with E-state index in [0.717, 1.165) is 12.1 Å². The van der Waals surface area contributed by atoms with Gasteiger partial charge in [-0.15, -0.1) is 0 Å². The van der Waals surface area contributed by atoms with Crippen LogP contribution >= 0.6 is 15.9 Å². The van der Waals surface area contributed by atoms with Crippen LogP contribution in [0.15, 0.2) is 16.6 Å². The first-order valence-corrected chi connectivity index (χ1v) is 5.50. The fourth-order valence-electron chi connectivity index (χ4n) is 1.53. The number of carbonyl (C=O) groups is 1. The van der Waals surface area contributed by atoms with E-state index < -0.39 is 17.6 Å². The van der Waals surface area contributed by atoms with Crippen LogP contribution < -0.4 is 4.74 Å². The highest BCUT2D eigenvalue weighted by atomic mass is 79.9. The molecule has 0 aliphatic carbocycles. The van der Waals surface area contributed by atoms with E-state index >= 15 is 0 Å². The molecule has 1 N–H and O–H groups in total. The van der Waals surface area contributed by atoms with E-state index in [1.165, 1.54) is 7.11 Å². The minimum Gasteiger partial charge on any atom is -0.480 e. The predicted molar refractivity (Wildman–Crippen MR) is 62.9 cm³/mol. The number of aromatic nitrogens is 1. The topological polar surface area (TPSA) is 59.4 Å². The number of hydrogen-bond acceptors (Lipinski definition) is 3. The number of carboxylic acid groups (broad SMARTS) is 1. The Labute approximate surface area is 108 Å². The summed E-state index contributed by atoms with van der Waals surface area (Å²) in [4.78, 5) is 14.6. The first-order valence-electron chi connectivity index (χ1n) is 4.71. The van der Waals surface area contributed by atoms with Crippen LogP contribution in [0.4, 0.5) is 8.78 Å². The van der Waals surface area contributed by atoms with Gasteiger partial charge in [0.05, 0.1) is 11.6 Å². The normalized spacial score (nSPS) is 10.7. The zero-order valence-corrected chi connectivity index (χ0v) is 10.6. The van der Waals surface area contributed by atoms with E-state index in [9.17, 15) is 13.6 Å². The lowest BCUT2D eigenvalue weighted by Gasteiger charge is -2.08. The summed E-state index contributed by atoms with van der Waals surface area (Å²) in [6, 6.07) is 1.91. The Hall–Kier alpha value is -1.76. The number of methoxy groups -OCH3 is 1. The standard InChI is InChI=1S/C11H6BrF2NO3/c1-18-10-5(11(16)17)2-4-8(14)6(12)3-7(13)9(4)15-10/h2-3H,1H3,(H,16,17). The highest BCUT2D eigenvalue weighted by Crippen LogP contribution is 2.30. The van der Waals surface area contributed by atoms with Gasteiger partial charge in [0.2, 0.25) is 5.88 Å². The van der Waals surface area contributed by atoms with Crippen molar-refractivity contribution in [2.75, 3.05) is 7.11 Å². The molecule has 2 aromatic rings. The van der Waals surface area contributed by atoms with Gasteiger partial charge in [-0.2, -0.15) is 0 Å². The highest BCUT2D eigenvalue weighted by Gasteiger charge is 2.19. The molecule has 0 saturated carbocycles. The molecule has 7 heteroatoms. The van der Waals surface area contributed by atoms with Gasteiger partial charge in [0.15, 0.2) is 5.82 Å². The van der Waals surface area contributed by atoms with Gasteiger partial charge in [0.1, 0.15) is 16.9 Å². The van der Waals surface area contributed by atoms with Crippen molar-refractivity contribution in [3.63, 3.8) is 0 Å². The third-order valence-electron chi connectivity index (χ3n) is 2.34. The first kappa shape index (κ1) is 12.7. The molecule has 0 aliphatic heterocycles. The molecular weight excluding hydrogens is 312 g/mol. The summed E-state index contributed by atoms with van der Waals surface area (Å²) in [6.45, 7) is 0. The van der Waals surface area contributed by atoms with Gasteiger partial charge in [-0.25, -0.2) is 18.6 Å². The maximum Gasteiger partial charge on any atom is 0.341 e. The van der Waals surface area contributed by atoms with Crippen molar-refractivity contribution >= 4 is 32.8 Å². The predicted octanol–water partition coefficient (Wildman–Crippen LogP) is 2.98. The van der Waals surface area contributed by atoms with Crippen molar-refractivity contribution in [3.8, 4) is 5.88 Å². The average Bonchev–Trinajstić information content (AvgIpc) is 2.34. The zero-order chi connectivity index (χ0) is 13.4. The lowest BCUT2D eigenvalue weighted by molar-refractivity contribution is 0.0692. The number of hydrogen-bond donors (Lipinski definition) is 1. The Morgan fingerprint density at radius 2 is 2.11 bits per heavy atom. The molecule has 18 heavy (non-hydrogen) atoms. The number of ether oxygens (including phenoxy) is 1. The molecule has 1 heterocycles. The Kier molecular flexibility index (Phi) is 3.16. The van der Waals surface area contributed by atoms with Gasteiger partial charge in [-0.1, -0.05) is 0 Å². The molecular formula is C11H6BrF2NO3. The van der Waals surface area contributed by atoms with Crippen molar-refractivity contribution in [3.05, 3.63) is 33.8 Å². The smallest absolute Gasteiger partial charge is 0.341 e. The molecule has 0 amide bonds. The number of pyridine rings is 1. The number of halogens is 3. The summed E-state index contributed by atoms with van der Waals surface area (Å²) in [6.07, 6.45) is 0. The lowest BCUT2D eigenvalue weighted by Crippen LogP contribution is -2.04. The molecule has 4 nitrogen and oxygen atoms in total. The molecule has 0 fully saturated rings. The quantitative estimate of drug-likeness (QED) is 0.865. The fourth-order valence-corrected chi connectivity index (χ4v) is 1.94. The van der Waals surface area contributed by atoms with Gasteiger partial charge in [0.25, 0.3) is 0 Å². The van der Waals surface area contributed by atoms with Crippen molar-refractivity contribution in [1.29, 1.82) is 0 Å². The number of nitrogens with zero attached hydrogens (tertiary/aromatic N) is 1. The lowest BCUT2D eigenvalue weighted by atomic mass is 10.1. The molecule has 0 bridgehead atoms. The average molecular weight is 318 g/mol. The Morgan fingerprint density at radius 1 is 1.44 bits per heavy atom. The maximum atomic E-state index is 13.8. The van der Waals surface area contributed by atoms with Crippen LogP contribution in [-0.2, 0) is 0 Å². The summed E-state index contributed by atoms with van der Waals surface area (Å²) in [5.41, 5.74) is -0.612. The number of carboxylic acids is 1. The second-order valence-electron chi connectivity index (χ2n) is 3.40. The molecule has 1 aromatic carbocycles. The van der Waals surface area contributed by atoms with Gasteiger partial charge >= 0.3 is 5.97 Å². The van der Waals surface area contributed by atoms with Gasteiger partial charge in [-0.05, 0) is 28.1 Å². The first-order chi connectivity index (χ1) is 8.45. The Bertz CT molecular complexity index is 661. The van der Waals surface area contributed by atoms with Crippen LogP contribution in [0.25, 0.3) is 10.9 Å². The van der Waals surface area contributed by atoms with Crippen molar-refractivity contribution in [1.82, 2.24) is 4.98 Å². The summed E-state index contributed by atoms with van der Waals surface area (Å²) in [5.74, 6) is -3.14. The molecule has 0 spiro atoms. The van der Waals surface area contributed by atoms with Crippen molar-refractivity contribution in [2.45, 2.75) is 0 Å². The van der Waals surface area contributed by atoms with E-state index in [0.29, 0.717) is 0 Å². The maximum absolute atomic E-state index is 13.8. The van der Waals surface area contributed by atoms with Crippen molar-refractivity contribution in [2.24, 2.45) is 0 Å². The van der Waals surface area contributed by atoms with Crippen molar-refractivity contribution < 1.29 is 23.4 Å². The molecule has 0 aliphatic rings. The molecule has 0 unspecified atom stereocenters. The second kappa shape index (κ2) is 4.49. The van der Waals surface area contributed by atoms with Crippen LogP contribution in [0.3, 0.4) is 0 Å². The molecule has 0 atom stereocenters. The summed E-state index contributed by atoms with van der Waals surface area (Å²) >= 11 is 2.84. The summed E-state index contributed by atoms with van der Waals surface area (Å²) in [7, 11) is 1.20. The Morgan fingerprint density at radius 3 is 2.67 bits per heavy atom. The summed E-state index contributed by atoms with van der Waals surface area (Å²) < 4.78 is 32.0. The largest absolute Gasteiger partial charge is 0.480 e. The zero-order valence-electron chi connectivity index (χ0n) is 9.00. The van der Waals surface area contributed by atoms with Crippen LogP contribution in [0.1, 0.15) is 10.4 Å². The van der Waals surface area contributed by atoms with Gasteiger partial charge in [-0.3, -0.25) is 0 Å². The Balaban J connectivity index is 2.92. The van der Waals surface area contributed by atoms with Gasteiger partial charge in [0, 0.05) is 5.39 Å².